The summed E-state index contributed by atoms with van der Waals surface area (Å²) in [7, 11) is 0. The highest BCUT2D eigenvalue weighted by Gasteiger charge is 2.28. The summed E-state index contributed by atoms with van der Waals surface area (Å²) in [5, 5.41) is 0. The fraction of sp³-hybridized carbons (Fsp3) is 0.619. The molecule has 4 nitrogen and oxygen atoms in total. The van der Waals surface area contributed by atoms with Gasteiger partial charge in [0, 0.05) is 32.1 Å². The number of hydrogen-bond acceptors (Lipinski definition) is 2. The molecule has 0 bridgehead atoms. The van der Waals surface area contributed by atoms with Gasteiger partial charge in [-0.25, -0.2) is 0 Å². The van der Waals surface area contributed by atoms with Gasteiger partial charge in [-0.1, -0.05) is 43.5 Å². The van der Waals surface area contributed by atoms with Gasteiger partial charge in [-0.3, -0.25) is 9.59 Å². The van der Waals surface area contributed by atoms with Gasteiger partial charge in [-0.2, -0.15) is 0 Å². The molecule has 0 atom stereocenters. The van der Waals surface area contributed by atoms with E-state index in [0.717, 1.165) is 37.9 Å². The van der Waals surface area contributed by atoms with Gasteiger partial charge in [0.2, 0.25) is 11.8 Å². The van der Waals surface area contributed by atoms with Crippen molar-refractivity contribution >= 4 is 11.8 Å². The fourth-order valence-electron chi connectivity index (χ4n) is 4.08. The number of hydrogen-bond donors (Lipinski definition) is 0. The van der Waals surface area contributed by atoms with E-state index in [0.29, 0.717) is 25.4 Å². The maximum absolute atomic E-state index is 12.7. The molecule has 2 fully saturated rings. The number of amides is 2. The van der Waals surface area contributed by atoms with Gasteiger partial charge in [0.15, 0.2) is 0 Å². The van der Waals surface area contributed by atoms with E-state index >= 15 is 0 Å². The Morgan fingerprint density at radius 1 is 0.920 bits per heavy atom. The lowest BCUT2D eigenvalue weighted by molar-refractivity contribution is -0.137. The molecule has 0 radical (unpaired) electrons. The van der Waals surface area contributed by atoms with Crippen molar-refractivity contribution in [3.8, 4) is 0 Å². The molecule has 25 heavy (non-hydrogen) atoms. The van der Waals surface area contributed by atoms with Crippen LogP contribution in [0.15, 0.2) is 24.3 Å². The number of benzene rings is 1. The van der Waals surface area contributed by atoms with Crippen LogP contribution in [0.1, 0.15) is 49.7 Å². The Bertz CT molecular complexity index is 608. The van der Waals surface area contributed by atoms with Gasteiger partial charge >= 0.3 is 0 Å². The Hall–Kier alpha value is -1.84. The second-order valence-electron chi connectivity index (χ2n) is 7.50. The first-order chi connectivity index (χ1) is 12.1. The molecule has 1 aliphatic carbocycles. The highest BCUT2D eigenvalue weighted by atomic mass is 16.2. The molecule has 1 aromatic rings. The summed E-state index contributed by atoms with van der Waals surface area (Å²) in [5.74, 6) is 0.733. The van der Waals surface area contributed by atoms with Crippen LogP contribution < -0.4 is 0 Å². The SMILES string of the molecule is Cc1ccccc1CC(=O)N1CCCN(C(=O)C2CCCCC2)CC1. The van der Waals surface area contributed by atoms with Crippen molar-refractivity contribution in [3.63, 3.8) is 0 Å². The van der Waals surface area contributed by atoms with Crippen LogP contribution in [0.3, 0.4) is 0 Å². The monoisotopic (exact) mass is 342 g/mol. The number of rotatable bonds is 3. The zero-order valence-corrected chi connectivity index (χ0v) is 15.4. The molecular weight excluding hydrogens is 312 g/mol. The normalized spacial score (nSPS) is 19.6. The molecule has 0 unspecified atom stereocenters. The predicted molar refractivity (Wildman–Crippen MR) is 99.2 cm³/mol. The summed E-state index contributed by atoms with van der Waals surface area (Å²) >= 11 is 0. The van der Waals surface area contributed by atoms with E-state index in [4.69, 9.17) is 0 Å². The molecular formula is C21H30N2O2. The lowest BCUT2D eigenvalue weighted by atomic mass is 9.88. The molecule has 2 amide bonds. The first-order valence-corrected chi connectivity index (χ1v) is 9.76. The maximum atomic E-state index is 12.7. The number of carbonyl (C=O) groups excluding carboxylic acids is 2. The summed E-state index contributed by atoms with van der Waals surface area (Å²) in [5.41, 5.74) is 2.27. The predicted octanol–water partition coefficient (Wildman–Crippen LogP) is 3.18. The van der Waals surface area contributed by atoms with Crippen LogP contribution in [0.25, 0.3) is 0 Å². The molecule has 0 aromatic heterocycles. The molecule has 2 aliphatic rings. The molecule has 1 aliphatic heterocycles. The fourth-order valence-corrected chi connectivity index (χ4v) is 4.08. The molecule has 1 aromatic carbocycles. The van der Waals surface area contributed by atoms with E-state index in [-0.39, 0.29) is 11.8 Å². The quantitative estimate of drug-likeness (QED) is 0.846. The molecule has 1 saturated heterocycles. The summed E-state index contributed by atoms with van der Waals surface area (Å²) in [4.78, 5) is 29.4. The second kappa shape index (κ2) is 8.50. The molecule has 0 spiro atoms. The minimum atomic E-state index is 0.182. The van der Waals surface area contributed by atoms with Gasteiger partial charge < -0.3 is 9.80 Å². The highest BCUT2D eigenvalue weighted by Crippen LogP contribution is 2.26. The molecule has 3 rings (SSSR count). The standard InChI is InChI=1S/C21H30N2O2/c1-17-8-5-6-11-19(17)16-20(24)22-12-7-13-23(15-14-22)21(25)18-9-3-2-4-10-18/h5-6,8,11,18H,2-4,7,9-10,12-16H2,1H3. The van der Waals surface area contributed by atoms with Crippen molar-refractivity contribution in [1.29, 1.82) is 0 Å². The Morgan fingerprint density at radius 3 is 2.36 bits per heavy atom. The third-order valence-corrected chi connectivity index (χ3v) is 5.72. The second-order valence-corrected chi connectivity index (χ2v) is 7.50. The maximum Gasteiger partial charge on any atom is 0.227 e. The van der Waals surface area contributed by atoms with Gasteiger partial charge in [0.25, 0.3) is 0 Å². The Labute approximate surface area is 151 Å². The van der Waals surface area contributed by atoms with Crippen LogP contribution >= 0.6 is 0 Å². The molecule has 1 saturated carbocycles. The minimum absolute atomic E-state index is 0.182. The molecule has 1 heterocycles. The average Bonchev–Trinajstić information content (AvgIpc) is 2.90. The Balaban J connectivity index is 1.55. The zero-order chi connectivity index (χ0) is 17.6. The van der Waals surface area contributed by atoms with E-state index in [1.54, 1.807) is 0 Å². The summed E-state index contributed by atoms with van der Waals surface area (Å²) in [6.45, 7) is 4.97. The Kier molecular flexibility index (Phi) is 6.11. The first-order valence-electron chi connectivity index (χ1n) is 9.76. The van der Waals surface area contributed by atoms with Crippen LogP contribution in [-0.4, -0.2) is 47.8 Å². The van der Waals surface area contributed by atoms with Gasteiger partial charge in [0.05, 0.1) is 6.42 Å². The van der Waals surface area contributed by atoms with E-state index in [9.17, 15) is 9.59 Å². The molecule has 136 valence electrons. The van der Waals surface area contributed by atoms with Gasteiger partial charge in [-0.15, -0.1) is 0 Å². The third kappa shape index (κ3) is 4.62. The van der Waals surface area contributed by atoms with Crippen LogP contribution in [0.5, 0.6) is 0 Å². The van der Waals surface area contributed by atoms with Crippen LogP contribution in [0.4, 0.5) is 0 Å². The van der Waals surface area contributed by atoms with Crippen molar-refractivity contribution in [2.75, 3.05) is 26.2 Å². The summed E-state index contributed by atoms with van der Waals surface area (Å²) in [6.07, 6.45) is 7.08. The molecule has 0 N–H and O–H groups in total. The molecule has 4 heteroatoms. The van der Waals surface area contributed by atoms with E-state index in [1.807, 2.05) is 28.0 Å². The number of aryl methyl sites for hydroxylation is 1. The van der Waals surface area contributed by atoms with E-state index < -0.39 is 0 Å². The van der Waals surface area contributed by atoms with Crippen molar-refractivity contribution in [2.24, 2.45) is 5.92 Å². The zero-order valence-electron chi connectivity index (χ0n) is 15.4. The van der Waals surface area contributed by atoms with Crippen molar-refractivity contribution < 1.29 is 9.59 Å². The Morgan fingerprint density at radius 2 is 1.60 bits per heavy atom. The van der Waals surface area contributed by atoms with E-state index in [1.165, 1.54) is 24.8 Å². The lowest BCUT2D eigenvalue weighted by Crippen LogP contribution is -2.40. The summed E-state index contributed by atoms with van der Waals surface area (Å²) in [6, 6.07) is 8.08. The minimum Gasteiger partial charge on any atom is -0.341 e. The van der Waals surface area contributed by atoms with Crippen molar-refractivity contribution in [2.45, 2.75) is 51.9 Å². The third-order valence-electron chi connectivity index (χ3n) is 5.72. The van der Waals surface area contributed by atoms with Crippen LogP contribution in [0, 0.1) is 12.8 Å². The summed E-state index contributed by atoms with van der Waals surface area (Å²) < 4.78 is 0. The number of carbonyl (C=O) groups is 2. The lowest BCUT2D eigenvalue weighted by Gasteiger charge is -2.28. The van der Waals surface area contributed by atoms with Crippen molar-refractivity contribution in [1.82, 2.24) is 9.80 Å². The van der Waals surface area contributed by atoms with Gasteiger partial charge in [-0.05, 0) is 37.3 Å². The van der Waals surface area contributed by atoms with E-state index in [2.05, 4.69) is 13.0 Å². The number of nitrogens with zero attached hydrogens (tertiary/aromatic N) is 2. The smallest absolute Gasteiger partial charge is 0.227 e. The average molecular weight is 342 g/mol. The van der Waals surface area contributed by atoms with Crippen LogP contribution in [-0.2, 0) is 16.0 Å². The largest absolute Gasteiger partial charge is 0.341 e. The first kappa shape index (κ1) is 18.0. The van der Waals surface area contributed by atoms with Gasteiger partial charge in [0.1, 0.15) is 0 Å². The topological polar surface area (TPSA) is 40.6 Å². The van der Waals surface area contributed by atoms with Crippen molar-refractivity contribution in [3.05, 3.63) is 35.4 Å². The van der Waals surface area contributed by atoms with Crippen LogP contribution in [0.2, 0.25) is 0 Å². The highest BCUT2D eigenvalue weighted by molar-refractivity contribution is 5.80.